The van der Waals surface area contributed by atoms with Crippen LogP contribution in [-0.4, -0.2) is 26.4 Å². The van der Waals surface area contributed by atoms with Gasteiger partial charge in [-0.15, -0.1) is 5.10 Å². The van der Waals surface area contributed by atoms with E-state index in [2.05, 4.69) is 15.5 Å². The number of halogens is 5. The fourth-order valence-electron chi connectivity index (χ4n) is 1.52. The Kier molecular flexibility index (Phi) is 3.55. The minimum Gasteiger partial charge on any atom is -0.396 e. The van der Waals surface area contributed by atoms with E-state index in [0.717, 1.165) is 10.7 Å². The molecule has 2 aromatic rings. The van der Waals surface area contributed by atoms with E-state index in [9.17, 15) is 22.0 Å². The van der Waals surface area contributed by atoms with Crippen LogP contribution in [0.25, 0.3) is 11.4 Å². The predicted octanol–water partition coefficient (Wildman–Crippen LogP) is 2.15. The SMILES string of the molecule is Nc1cc(-c2nnnn2CCC(F)(F)F)c(F)cc1F. The zero-order valence-electron chi connectivity index (χ0n) is 9.82. The van der Waals surface area contributed by atoms with E-state index in [1.807, 2.05) is 0 Å². The molecule has 0 saturated heterocycles. The molecule has 0 amide bonds. The second-order valence-electron chi connectivity index (χ2n) is 3.94. The number of nitrogens with two attached hydrogens (primary N) is 1. The highest BCUT2D eigenvalue weighted by Crippen LogP contribution is 2.26. The van der Waals surface area contributed by atoms with E-state index >= 15 is 0 Å². The van der Waals surface area contributed by atoms with Crippen molar-refractivity contribution in [3.05, 3.63) is 23.8 Å². The molecule has 0 saturated carbocycles. The second-order valence-corrected chi connectivity index (χ2v) is 3.94. The molecule has 0 radical (unpaired) electrons. The van der Waals surface area contributed by atoms with Crippen molar-refractivity contribution in [2.75, 3.05) is 5.73 Å². The smallest absolute Gasteiger partial charge is 0.390 e. The largest absolute Gasteiger partial charge is 0.396 e. The minimum absolute atomic E-state index is 0.251. The molecule has 0 unspecified atom stereocenters. The third-order valence-corrected chi connectivity index (χ3v) is 2.47. The molecule has 10 heteroatoms. The number of alkyl halides is 3. The van der Waals surface area contributed by atoms with Gasteiger partial charge < -0.3 is 5.73 Å². The molecule has 1 aromatic carbocycles. The van der Waals surface area contributed by atoms with Crippen LogP contribution in [0.1, 0.15) is 6.42 Å². The Morgan fingerprint density at radius 3 is 2.50 bits per heavy atom. The highest BCUT2D eigenvalue weighted by Gasteiger charge is 2.28. The molecular formula is C10H8F5N5. The Morgan fingerprint density at radius 1 is 1.15 bits per heavy atom. The number of nitrogen functional groups attached to an aromatic ring is 1. The van der Waals surface area contributed by atoms with Crippen molar-refractivity contribution >= 4 is 5.69 Å². The second kappa shape index (κ2) is 5.02. The summed E-state index contributed by atoms with van der Waals surface area (Å²) in [5, 5.41) is 9.97. The van der Waals surface area contributed by atoms with Crippen molar-refractivity contribution in [3.8, 4) is 11.4 Å². The van der Waals surface area contributed by atoms with Crippen molar-refractivity contribution in [2.45, 2.75) is 19.1 Å². The predicted molar refractivity (Wildman–Crippen MR) is 58.3 cm³/mol. The van der Waals surface area contributed by atoms with Crippen LogP contribution in [0.3, 0.4) is 0 Å². The van der Waals surface area contributed by atoms with Crippen LogP contribution in [0, 0.1) is 11.6 Å². The van der Waals surface area contributed by atoms with Gasteiger partial charge in [-0.2, -0.15) is 13.2 Å². The van der Waals surface area contributed by atoms with Gasteiger partial charge >= 0.3 is 6.18 Å². The maximum atomic E-state index is 13.6. The average molecular weight is 293 g/mol. The third-order valence-electron chi connectivity index (χ3n) is 2.47. The summed E-state index contributed by atoms with van der Waals surface area (Å²) in [6.45, 7) is -0.581. The van der Waals surface area contributed by atoms with E-state index < -0.39 is 30.8 Å². The highest BCUT2D eigenvalue weighted by atomic mass is 19.4. The number of nitrogens with zero attached hydrogens (tertiary/aromatic N) is 4. The third kappa shape index (κ3) is 3.00. The summed E-state index contributed by atoms with van der Waals surface area (Å²) in [6.07, 6.45) is -5.58. The lowest BCUT2D eigenvalue weighted by atomic mass is 10.1. The summed E-state index contributed by atoms with van der Waals surface area (Å²) < 4.78 is 63.9. The van der Waals surface area contributed by atoms with Gasteiger partial charge in [0.05, 0.1) is 24.2 Å². The maximum Gasteiger partial charge on any atom is 0.390 e. The monoisotopic (exact) mass is 293 g/mol. The first kappa shape index (κ1) is 14.2. The fourth-order valence-corrected chi connectivity index (χ4v) is 1.52. The molecule has 0 atom stereocenters. The normalized spacial score (nSPS) is 11.8. The van der Waals surface area contributed by atoms with Crippen molar-refractivity contribution in [2.24, 2.45) is 0 Å². The van der Waals surface area contributed by atoms with E-state index in [1.165, 1.54) is 0 Å². The van der Waals surface area contributed by atoms with Crippen LogP contribution in [0.4, 0.5) is 27.6 Å². The van der Waals surface area contributed by atoms with E-state index in [4.69, 9.17) is 5.73 Å². The van der Waals surface area contributed by atoms with E-state index in [1.54, 1.807) is 0 Å². The quantitative estimate of drug-likeness (QED) is 0.695. The summed E-state index contributed by atoms with van der Waals surface area (Å²) >= 11 is 0. The van der Waals surface area contributed by atoms with E-state index in [0.29, 0.717) is 6.07 Å². The molecule has 20 heavy (non-hydrogen) atoms. The van der Waals surface area contributed by atoms with Gasteiger partial charge in [0, 0.05) is 6.07 Å². The molecule has 0 bridgehead atoms. The summed E-state index contributed by atoms with van der Waals surface area (Å²) in [4.78, 5) is 0. The number of hydrogen-bond acceptors (Lipinski definition) is 4. The van der Waals surface area contributed by atoms with Crippen LogP contribution in [-0.2, 0) is 6.54 Å². The standard InChI is InChI=1S/C10H8F5N5/c11-6-4-7(12)8(16)3-5(6)9-17-18-19-20(9)2-1-10(13,14)15/h3-4H,1-2,16H2. The van der Waals surface area contributed by atoms with Crippen LogP contribution < -0.4 is 5.73 Å². The van der Waals surface area contributed by atoms with Crippen LogP contribution in [0.2, 0.25) is 0 Å². The van der Waals surface area contributed by atoms with Gasteiger partial charge in [-0.05, 0) is 16.5 Å². The zero-order chi connectivity index (χ0) is 14.9. The van der Waals surface area contributed by atoms with Gasteiger partial charge in [-0.25, -0.2) is 13.5 Å². The lowest BCUT2D eigenvalue weighted by Crippen LogP contribution is -2.14. The highest BCUT2D eigenvalue weighted by molar-refractivity contribution is 5.62. The van der Waals surface area contributed by atoms with Crippen molar-refractivity contribution in [1.82, 2.24) is 20.2 Å². The Morgan fingerprint density at radius 2 is 1.85 bits per heavy atom. The lowest BCUT2D eigenvalue weighted by Gasteiger charge is -2.08. The van der Waals surface area contributed by atoms with Gasteiger partial charge in [0.25, 0.3) is 0 Å². The Hall–Kier alpha value is -2.26. The first-order valence-corrected chi connectivity index (χ1v) is 5.36. The molecule has 5 nitrogen and oxygen atoms in total. The average Bonchev–Trinajstić information content (AvgIpc) is 2.78. The number of aromatic nitrogens is 4. The lowest BCUT2D eigenvalue weighted by molar-refractivity contribution is -0.137. The fraction of sp³-hybridized carbons (Fsp3) is 0.300. The maximum absolute atomic E-state index is 13.6. The molecule has 2 N–H and O–H groups in total. The molecule has 0 aliphatic carbocycles. The number of rotatable bonds is 3. The minimum atomic E-state index is -4.40. The molecule has 0 aliphatic rings. The topological polar surface area (TPSA) is 69.6 Å². The molecule has 1 heterocycles. The number of aryl methyl sites for hydroxylation is 1. The molecule has 108 valence electrons. The molecule has 0 aliphatic heterocycles. The van der Waals surface area contributed by atoms with Crippen LogP contribution >= 0.6 is 0 Å². The molecule has 0 spiro atoms. The Bertz CT molecular complexity index is 621. The van der Waals surface area contributed by atoms with Crippen LogP contribution in [0.5, 0.6) is 0 Å². The molecule has 0 fully saturated rings. The molecular weight excluding hydrogens is 285 g/mol. The summed E-state index contributed by atoms with van der Waals surface area (Å²) in [5.41, 5.74) is 4.67. The number of anilines is 1. The van der Waals surface area contributed by atoms with Gasteiger partial charge in [-0.1, -0.05) is 0 Å². The molecule has 2 rings (SSSR count). The summed E-state index contributed by atoms with van der Waals surface area (Å²) in [7, 11) is 0. The number of tetrazole rings is 1. The number of benzene rings is 1. The van der Waals surface area contributed by atoms with Gasteiger partial charge in [0.1, 0.15) is 11.6 Å². The Balaban J connectivity index is 2.35. The van der Waals surface area contributed by atoms with Crippen LogP contribution in [0.15, 0.2) is 12.1 Å². The van der Waals surface area contributed by atoms with Crippen molar-refractivity contribution in [3.63, 3.8) is 0 Å². The Labute approximate surface area is 109 Å². The first-order valence-electron chi connectivity index (χ1n) is 5.36. The molecule has 1 aromatic heterocycles. The number of hydrogen-bond donors (Lipinski definition) is 1. The zero-order valence-corrected chi connectivity index (χ0v) is 9.82. The first-order chi connectivity index (χ1) is 9.28. The van der Waals surface area contributed by atoms with Crippen molar-refractivity contribution < 1.29 is 22.0 Å². The summed E-state index contributed by atoms with van der Waals surface area (Å²) in [5.74, 6) is -2.24. The van der Waals surface area contributed by atoms with Gasteiger partial charge in [0.2, 0.25) is 0 Å². The van der Waals surface area contributed by atoms with Gasteiger partial charge in [0.15, 0.2) is 5.82 Å². The summed E-state index contributed by atoms with van der Waals surface area (Å²) in [6, 6.07) is 1.45. The van der Waals surface area contributed by atoms with Gasteiger partial charge in [-0.3, -0.25) is 0 Å². The van der Waals surface area contributed by atoms with Crippen molar-refractivity contribution in [1.29, 1.82) is 0 Å². The van der Waals surface area contributed by atoms with E-state index in [-0.39, 0.29) is 17.1 Å².